The molecular weight excluding hydrogens is 200 g/mol. The number of fused-ring (bicyclic) bond motifs is 1. The van der Waals surface area contributed by atoms with E-state index in [2.05, 4.69) is 15.4 Å². The fraction of sp³-hybridized carbons (Fsp3) is 0.500. The SMILES string of the molecule is CC.CC.CNc1ccc2ncc(C)n2n1. The van der Waals surface area contributed by atoms with Crippen LogP contribution in [-0.4, -0.2) is 21.6 Å². The third-order valence-electron chi connectivity index (χ3n) is 1.79. The maximum absolute atomic E-state index is 4.30. The molecule has 4 nitrogen and oxygen atoms in total. The van der Waals surface area contributed by atoms with E-state index < -0.39 is 0 Å². The van der Waals surface area contributed by atoms with Crippen molar-refractivity contribution in [3.63, 3.8) is 0 Å². The quantitative estimate of drug-likeness (QED) is 0.806. The van der Waals surface area contributed by atoms with Gasteiger partial charge in [0.1, 0.15) is 5.82 Å². The minimum atomic E-state index is 0.851. The topological polar surface area (TPSA) is 42.2 Å². The summed E-state index contributed by atoms with van der Waals surface area (Å²) in [6.07, 6.45) is 1.81. The van der Waals surface area contributed by atoms with Crippen LogP contribution in [0.25, 0.3) is 5.65 Å². The zero-order chi connectivity index (χ0) is 12.6. The first kappa shape index (κ1) is 14.4. The van der Waals surface area contributed by atoms with Crippen molar-refractivity contribution in [2.75, 3.05) is 12.4 Å². The largest absolute Gasteiger partial charge is 0.372 e. The Morgan fingerprint density at radius 1 is 1.12 bits per heavy atom. The highest BCUT2D eigenvalue weighted by atomic mass is 15.3. The Kier molecular flexibility index (Phi) is 6.92. The van der Waals surface area contributed by atoms with Crippen molar-refractivity contribution < 1.29 is 0 Å². The molecule has 90 valence electrons. The highest BCUT2D eigenvalue weighted by Gasteiger charge is 1.99. The maximum atomic E-state index is 4.30. The third kappa shape index (κ3) is 3.22. The molecule has 0 aliphatic rings. The number of hydrogen-bond acceptors (Lipinski definition) is 3. The Balaban J connectivity index is 0.000000509. The molecule has 0 atom stereocenters. The van der Waals surface area contributed by atoms with Crippen LogP contribution in [0, 0.1) is 6.92 Å². The molecule has 2 rings (SSSR count). The van der Waals surface area contributed by atoms with E-state index in [1.54, 1.807) is 0 Å². The van der Waals surface area contributed by atoms with Crippen molar-refractivity contribution in [1.82, 2.24) is 14.6 Å². The summed E-state index contributed by atoms with van der Waals surface area (Å²) in [5.41, 5.74) is 1.92. The molecule has 2 aromatic rings. The first-order valence-corrected chi connectivity index (χ1v) is 5.80. The molecule has 0 spiro atoms. The van der Waals surface area contributed by atoms with E-state index in [-0.39, 0.29) is 0 Å². The standard InChI is InChI=1S/C8H10N4.2C2H6/c1-6-5-10-8-4-3-7(9-2)11-12(6)8;2*1-2/h3-5H,1-2H3,(H,9,11);2*1-2H3. The fourth-order valence-corrected chi connectivity index (χ4v) is 1.12. The molecule has 0 saturated heterocycles. The monoisotopic (exact) mass is 222 g/mol. The predicted octanol–water partition coefficient (Wildman–Crippen LogP) is 3.13. The lowest BCUT2D eigenvalue weighted by molar-refractivity contribution is 0.903. The van der Waals surface area contributed by atoms with Gasteiger partial charge in [-0.15, -0.1) is 5.10 Å². The van der Waals surface area contributed by atoms with Gasteiger partial charge < -0.3 is 5.32 Å². The lowest BCUT2D eigenvalue weighted by Gasteiger charge is -1.99. The highest BCUT2D eigenvalue weighted by Crippen LogP contribution is 2.06. The van der Waals surface area contributed by atoms with E-state index in [9.17, 15) is 0 Å². The lowest BCUT2D eigenvalue weighted by Crippen LogP contribution is -1.99. The molecule has 0 unspecified atom stereocenters. The van der Waals surface area contributed by atoms with Crippen LogP contribution in [-0.2, 0) is 0 Å². The summed E-state index contributed by atoms with van der Waals surface area (Å²) in [6.45, 7) is 9.98. The van der Waals surface area contributed by atoms with Gasteiger partial charge in [0, 0.05) is 7.05 Å². The van der Waals surface area contributed by atoms with E-state index in [1.807, 2.05) is 64.5 Å². The van der Waals surface area contributed by atoms with Crippen LogP contribution in [0.3, 0.4) is 0 Å². The normalized spacial score (nSPS) is 8.62. The number of anilines is 1. The van der Waals surface area contributed by atoms with E-state index in [0.717, 1.165) is 17.2 Å². The summed E-state index contributed by atoms with van der Waals surface area (Å²) in [6, 6.07) is 3.84. The number of hydrogen-bond donors (Lipinski definition) is 1. The van der Waals surface area contributed by atoms with Crippen molar-refractivity contribution in [1.29, 1.82) is 0 Å². The summed E-state index contributed by atoms with van der Waals surface area (Å²) in [4.78, 5) is 4.17. The molecule has 0 amide bonds. The van der Waals surface area contributed by atoms with Crippen LogP contribution in [0.2, 0.25) is 0 Å². The van der Waals surface area contributed by atoms with Gasteiger partial charge in [0.2, 0.25) is 0 Å². The Morgan fingerprint density at radius 3 is 2.31 bits per heavy atom. The molecule has 0 aliphatic heterocycles. The molecule has 0 radical (unpaired) electrons. The molecule has 1 N–H and O–H groups in total. The van der Waals surface area contributed by atoms with E-state index in [0.29, 0.717) is 0 Å². The smallest absolute Gasteiger partial charge is 0.153 e. The second-order valence-corrected chi connectivity index (χ2v) is 2.64. The minimum absolute atomic E-state index is 0.851. The Labute approximate surface area is 97.7 Å². The average molecular weight is 222 g/mol. The number of aromatic nitrogens is 3. The van der Waals surface area contributed by atoms with Crippen molar-refractivity contribution >= 4 is 11.5 Å². The number of aryl methyl sites for hydroxylation is 1. The molecular formula is C12H22N4. The van der Waals surface area contributed by atoms with Crippen LogP contribution in [0.5, 0.6) is 0 Å². The summed E-state index contributed by atoms with van der Waals surface area (Å²) >= 11 is 0. The van der Waals surface area contributed by atoms with Crippen LogP contribution >= 0.6 is 0 Å². The molecule has 16 heavy (non-hydrogen) atoms. The number of imidazole rings is 1. The summed E-state index contributed by atoms with van der Waals surface area (Å²) in [5, 5.41) is 7.27. The van der Waals surface area contributed by atoms with E-state index in [1.165, 1.54) is 0 Å². The highest BCUT2D eigenvalue weighted by molar-refractivity contribution is 5.44. The number of rotatable bonds is 1. The molecule has 2 heterocycles. The summed E-state index contributed by atoms with van der Waals surface area (Å²) < 4.78 is 1.81. The molecule has 0 aliphatic carbocycles. The molecule has 4 heteroatoms. The van der Waals surface area contributed by atoms with Gasteiger partial charge in [0.05, 0.1) is 11.9 Å². The second kappa shape index (κ2) is 7.68. The van der Waals surface area contributed by atoms with Gasteiger partial charge in [0.25, 0.3) is 0 Å². The Morgan fingerprint density at radius 2 is 1.75 bits per heavy atom. The van der Waals surface area contributed by atoms with Gasteiger partial charge in [-0.05, 0) is 19.1 Å². The first-order valence-electron chi connectivity index (χ1n) is 5.80. The van der Waals surface area contributed by atoms with Gasteiger partial charge in [-0.25, -0.2) is 9.50 Å². The van der Waals surface area contributed by atoms with Crippen molar-refractivity contribution in [3.8, 4) is 0 Å². The van der Waals surface area contributed by atoms with Crippen molar-refractivity contribution in [2.24, 2.45) is 0 Å². The second-order valence-electron chi connectivity index (χ2n) is 2.64. The van der Waals surface area contributed by atoms with E-state index >= 15 is 0 Å². The zero-order valence-corrected chi connectivity index (χ0v) is 11.1. The molecule has 0 bridgehead atoms. The van der Waals surface area contributed by atoms with Gasteiger partial charge in [-0.2, -0.15) is 0 Å². The fourth-order valence-electron chi connectivity index (χ4n) is 1.12. The van der Waals surface area contributed by atoms with Crippen molar-refractivity contribution in [2.45, 2.75) is 34.6 Å². The lowest BCUT2D eigenvalue weighted by atomic mass is 10.5. The summed E-state index contributed by atoms with van der Waals surface area (Å²) in [7, 11) is 1.85. The van der Waals surface area contributed by atoms with Crippen LogP contribution < -0.4 is 5.32 Å². The van der Waals surface area contributed by atoms with Gasteiger partial charge in [-0.3, -0.25) is 0 Å². The predicted molar refractivity (Wildman–Crippen MR) is 70.0 cm³/mol. The number of nitrogens with one attached hydrogen (secondary N) is 1. The minimum Gasteiger partial charge on any atom is -0.372 e. The average Bonchev–Trinajstić information content (AvgIpc) is 2.75. The van der Waals surface area contributed by atoms with Crippen LogP contribution in [0.1, 0.15) is 33.4 Å². The van der Waals surface area contributed by atoms with Crippen LogP contribution in [0.15, 0.2) is 18.3 Å². The molecule has 0 fully saturated rings. The van der Waals surface area contributed by atoms with Gasteiger partial charge in [-0.1, -0.05) is 27.7 Å². The third-order valence-corrected chi connectivity index (χ3v) is 1.79. The van der Waals surface area contributed by atoms with E-state index in [4.69, 9.17) is 0 Å². The first-order chi connectivity index (χ1) is 7.81. The van der Waals surface area contributed by atoms with Crippen molar-refractivity contribution in [3.05, 3.63) is 24.0 Å². The number of nitrogens with zero attached hydrogens (tertiary/aromatic N) is 3. The van der Waals surface area contributed by atoms with Gasteiger partial charge >= 0.3 is 0 Å². The molecule has 0 saturated carbocycles. The Bertz CT molecular complexity index is 406. The Hall–Kier alpha value is -1.58. The molecule has 0 aromatic carbocycles. The van der Waals surface area contributed by atoms with Crippen LogP contribution in [0.4, 0.5) is 5.82 Å². The maximum Gasteiger partial charge on any atom is 0.153 e. The molecule has 2 aromatic heterocycles. The van der Waals surface area contributed by atoms with Gasteiger partial charge in [0.15, 0.2) is 5.65 Å². The summed E-state index contributed by atoms with van der Waals surface area (Å²) in [5.74, 6) is 0.851. The zero-order valence-electron chi connectivity index (χ0n) is 11.1.